The predicted molar refractivity (Wildman–Crippen MR) is 64.4 cm³/mol. The summed E-state index contributed by atoms with van der Waals surface area (Å²) in [6.45, 7) is 4.10. The van der Waals surface area contributed by atoms with E-state index in [-0.39, 0.29) is 5.56 Å². The summed E-state index contributed by atoms with van der Waals surface area (Å²) in [5.74, 6) is -0.641. The van der Waals surface area contributed by atoms with Crippen molar-refractivity contribution in [1.82, 2.24) is 4.98 Å². The van der Waals surface area contributed by atoms with Crippen LogP contribution in [0.5, 0.6) is 0 Å². The lowest BCUT2D eigenvalue weighted by Gasteiger charge is -2.00. The Hall–Kier alpha value is -1.48. The van der Waals surface area contributed by atoms with Crippen molar-refractivity contribution in [2.24, 2.45) is 0 Å². The summed E-state index contributed by atoms with van der Waals surface area (Å²) in [5.41, 5.74) is 1.87. The van der Waals surface area contributed by atoms with Crippen LogP contribution in [0.3, 0.4) is 0 Å². The Bertz CT molecular complexity index is 557. The van der Waals surface area contributed by atoms with Crippen LogP contribution in [0.25, 0.3) is 10.9 Å². The molecule has 0 radical (unpaired) electrons. The van der Waals surface area contributed by atoms with Crippen LogP contribution >= 0.6 is 11.6 Å². The van der Waals surface area contributed by atoms with Crippen LogP contribution < -0.4 is 0 Å². The molecule has 0 bridgehead atoms. The fraction of sp³-hybridized carbons (Fsp3) is 0.250. The molecular weight excluding hydrogens is 226 g/mol. The van der Waals surface area contributed by atoms with E-state index < -0.39 is 5.97 Å². The molecule has 0 aliphatic heterocycles. The van der Waals surface area contributed by atoms with E-state index >= 15 is 0 Å². The number of nitrogens with one attached hydrogen (secondary N) is 1. The van der Waals surface area contributed by atoms with Crippen molar-refractivity contribution >= 4 is 28.5 Å². The number of halogens is 1. The van der Waals surface area contributed by atoms with Gasteiger partial charge in [0.2, 0.25) is 0 Å². The van der Waals surface area contributed by atoms with Gasteiger partial charge in [0.25, 0.3) is 0 Å². The van der Waals surface area contributed by atoms with Gasteiger partial charge in [-0.3, -0.25) is 0 Å². The van der Waals surface area contributed by atoms with Crippen molar-refractivity contribution in [1.29, 1.82) is 0 Å². The minimum Gasteiger partial charge on any atom is -0.478 e. The van der Waals surface area contributed by atoms with Crippen LogP contribution in [0.15, 0.2) is 18.2 Å². The number of aromatic nitrogens is 1. The monoisotopic (exact) mass is 237 g/mol. The molecule has 2 aromatic rings. The number of aromatic carboxylic acids is 1. The number of fused-ring (bicyclic) bond motifs is 1. The van der Waals surface area contributed by atoms with Gasteiger partial charge in [-0.1, -0.05) is 25.4 Å². The SMILES string of the molecule is CC(C)c1cc2cc(Cl)cc(C(=O)O)c2[nH]1. The van der Waals surface area contributed by atoms with Gasteiger partial charge >= 0.3 is 5.97 Å². The third kappa shape index (κ3) is 1.78. The molecule has 2 rings (SSSR count). The zero-order valence-electron chi connectivity index (χ0n) is 9.04. The first kappa shape index (κ1) is 11.0. The van der Waals surface area contributed by atoms with Gasteiger partial charge in [-0.25, -0.2) is 4.79 Å². The zero-order valence-corrected chi connectivity index (χ0v) is 9.80. The van der Waals surface area contributed by atoms with Gasteiger partial charge in [-0.15, -0.1) is 0 Å². The molecular formula is C12H12ClNO2. The van der Waals surface area contributed by atoms with E-state index in [0.29, 0.717) is 16.5 Å². The lowest BCUT2D eigenvalue weighted by Crippen LogP contribution is -1.97. The van der Waals surface area contributed by atoms with Gasteiger partial charge in [0.15, 0.2) is 0 Å². The summed E-state index contributed by atoms with van der Waals surface area (Å²) in [7, 11) is 0. The molecule has 0 atom stereocenters. The van der Waals surface area contributed by atoms with Crippen molar-refractivity contribution in [3.63, 3.8) is 0 Å². The van der Waals surface area contributed by atoms with Gasteiger partial charge in [-0.05, 0) is 24.1 Å². The number of benzene rings is 1. The van der Waals surface area contributed by atoms with Gasteiger partial charge in [-0.2, -0.15) is 0 Å². The van der Waals surface area contributed by atoms with E-state index in [0.717, 1.165) is 11.1 Å². The fourth-order valence-electron chi connectivity index (χ4n) is 1.71. The van der Waals surface area contributed by atoms with Crippen molar-refractivity contribution in [3.05, 3.63) is 34.5 Å². The largest absolute Gasteiger partial charge is 0.478 e. The highest BCUT2D eigenvalue weighted by Gasteiger charge is 2.13. The second-order valence-electron chi connectivity index (χ2n) is 4.10. The highest BCUT2D eigenvalue weighted by molar-refractivity contribution is 6.32. The molecule has 84 valence electrons. The minimum absolute atomic E-state index is 0.217. The summed E-state index contributed by atoms with van der Waals surface area (Å²) < 4.78 is 0. The van der Waals surface area contributed by atoms with E-state index in [1.807, 2.05) is 19.9 Å². The molecule has 3 nitrogen and oxygen atoms in total. The van der Waals surface area contributed by atoms with E-state index in [1.54, 1.807) is 6.07 Å². The average molecular weight is 238 g/mol. The van der Waals surface area contributed by atoms with Gasteiger partial charge < -0.3 is 10.1 Å². The van der Waals surface area contributed by atoms with Gasteiger partial charge in [0, 0.05) is 16.1 Å². The maximum atomic E-state index is 11.1. The molecule has 0 fully saturated rings. The van der Waals surface area contributed by atoms with Crippen LogP contribution in [-0.2, 0) is 0 Å². The molecule has 0 unspecified atom stereocenters. The minimum atomic E-state index is -0.968. The number of carboxylic acid groups (broad SMARTS) is 1. The lowest BCUT2D eigenvalue weighted by molar-refractivity contribution is 0.0699. The molecule has 1 aromatic carbocycles. The number of carboxylic acids is 1. The Balaban J connectivity index is 2.75. The second kappa shape index (κ2) is 3.83. The van der Waals surface area contributed by atoms with E-state index in [1.165, 1.54) is 6.07 Å². The van der Waals surface area contributed by atoms with E-state index in [9.17, 15) is 4.79 Å². The first-order chi connectivity index (χ1) is 7.49. The standard InChI is InChI=1S/C12H12ClNO2/c1-6(2)10-4-7-3-8(13)5-9(12(15)16)11(7)14-10/h3-6,14H,1-2H3,(H,15,16). The van der Waals surface area contributed by atoms with Gasteiger partial charge in [0.1, 0.15) is 0 Å². The highest BCUT2D eigenvalue weighted by atomic mass is 35.5. The van der Waals surface area contributed by atoms with Crippen molar-refractivity contribution < 1.29 is 9.90 Å². The fourth-order valence-corrected chi connectivity index (χ4v) is 1.94. The van der Waals surface area contributed by atoms with Gasteiger partial charge in [0.05, 0.1) is 11.1 Å². The number of carbonyl (C=O) groups is 1. The van der Waals surface area contributed by atoms with Crippen molar-refractivity contribution in [3.8, 4) is 0 Å². The van der Waals surface area contributed by atoms with E-state index in [2.05, 4.69) is 4.98 Å². The number of aromatic amines is 1. The number of hydrogen-bond donors (Lipinski definition) is 2. The number of rotatable bonds is 2. The molecule has 0 saturated carbocycles. The quantitative estimate of drug-likeness (QED) is 0.838. The first-order valence-electron chi connectivity index (χ1n) is 5.04. The molecule has 1 aromatic heterocycles. The zero-order chi connectivity index (χ0) is 11.9. The van der Waals surface area contributed by atoms with Crippen LogP contribution in [0, 0.1) is 0 Å². The predicted octanol–water partition coefficient (Wildman–Crippen LogP) is 3.64. The Morgan fingerprint density at radius 3 is 2.62 bits per heavy atom. The lowest BCUT2D eigenvalue weighted by atomic mass is 10.1. The smallest absolute Gasteiger partial charge is 0.337 e. The molecule has 2 N–H and O–H groups in total. The summed E-state index contributed by atoms with van der Waals surface area (Å²) in [5, 5.41) is 10.4. The molecule has 16 heavy (non-hydrogen) atoms. The average Bonchev–Trinajstić information content (AvgIpc) is 2.59. The summed E-state index contributed by atoms with van der Waals surface area (Å²) in [4.78, 5) is 14.2. The molecule has 4 heteroatoms. The maximum absolute atomic E-state index is 11.1. The topological polar surface area (TPSA) is 53.1 Å². The third-order valence-corrected chi connectivity index (χ3v) is 2.78. The van der Waals surface area contributed by atoms with Crippen LogP contribution in [0.1, 0.15) is 35.8 Å². The molecule has 0 aliphatic carbocycles. The Morgan fingerprint density at radius 1 is 1.38 bits per heavy atom. The van der Waals surface area contributed by atoms with Crippen molar-refractivity contribution in [2.45, 2.75) is 19.8 Å². The maximum Gasteiger partial charge on any atom is 0.337 e. The Morgan fingerprint density at radius 2 is 2.06 bits per heavy atom. The molecule has 1 heterocycles. The number of hydrogen-bond acceptors (Lipinski definition) is 1. The van der Waals surface area contributed by atoms with Crippen LogP contribution in [0.4, 0.5) is 0 Å². The Labute approximate surface area is 98.0 Å². The molecule has 0 saturated heterocycles. The third-order valence-electron chi connectivity index (χ3n) is 2.57. The first-order valence-corrected chi connectivity index (χ1v) is 5.42. The number of H-pyrrole nitrogens is 1. The molecule has 0 amide bonds. The summed E-state index contributed by atoms with van der Waals surface area (Å²) in [6.07, 6.45) is 0. The summed E-state index contributed by atoms with van der Waals surface area (Å²) in [6, 6.07) is 5.18. The molecule has 0 spiro atoms. The van der Waals surface area contributed by atoms with E-state index in [4.69, 9.17) is 16.7 Å². The molecule has 0 aliphatic rings. The van der Waals surface area contributed by atoms with Crippen LogP contribution in [0.2, 0.25) is 5.02 Å². The normalized spacial score (nSPS) is 11.2. The second-order valence-corrected chi connectivity index (χ2v) is 4.54. The Kier molecular flexibility index (Phi) is 2.64. The van der Waals surface area contributed by atoms with Crippen LogP contribution in [-0.4, -0.2) is 16.1 Å². The van der Waals surface area contributed by atoms with Crippen molar-refractivity contribution in [2.75, 3.05) is 0 Å². The summed E-state index contributed by atoms with van der Waals surface area (Å²) >= 11 is 5.88. The highest BCUT2D eigenvalue weighted by Crippen LogP contribution is 2.27.